The monoisotopic (exact) mass is 419 g/mol. The highest BCUT2D eigenvalue weighted by atomic mass is 16.5. The molecule has 0 unspecified atom stereocenters. The van der Waals surface area contributed by atoms with Gasteiger partial charge in [0.25, 0.3) is 5.91 Å². The lowest BCUT2D eigenvalue weighted by atomic mass is 10.2. The lowest BCUT2D eigenvalue weighted by Crippen LogP contribution is -2.47. The number of methoxy groups -OCH3 is 2. The second kappa shape index (κ2) is 9.34. The van der Waals surface area contributed by atoms with Crippen LogP contribution in [0, 0.1) is 0 Å². The Labute approximate surface area is 181 Å². The van der Waals surface area contributed by atoms with Gasteiger partial charge in [-0.05, 0) is 30.3 Å². The maximum Gasteiger partial charge on any atom is 0.255 e. The average Bonchev–Trinajstić information content (AvgIpc) is 2.84. The standard InChI is InChI=1S/C23H25N5O3/c1-30-20-9-8-17(14-21(20)31-2)22(29)26-18-15-24-23(25-16-18)28-12-10-27(11-13-28)19-6-4-3-5-7-19/h3-9,14-16H,10-13H2,1-2H3,(H,26,29). The Morgan fingerprint density at radius 1 is 0.871 bits per heavy atom. The number of nitrogens with one attached hydrogen (secondary N) is 1. The van der Waals surface area contributed by atoms with E-state index in [0.717, 1.165) is 26.2 Å². The molecule has 1 fully saturated rings. The number of piperazine rings is 1. The summed E-state index contributed by atoms with van der Waals surface area (Å²) in [5.41, 5.74) is 2.22. The van der Waals surface area contributed by atoms with Crippen molar-refractivity contribution in [3.05, 3.63) is 66.5 Å². The first-order valence-corrected chi connectivity index (χ1v) is 10.1. The van der Waals surface area contributed by atoms with Gasteiger partial charge in [0.15, 0.2) is 11.5 Å². The van der Waals surface area contributed by atoms with E-state index in [2.05, 4.69) is 49.4 Å². The fourth-order valence-corrected chi connectivity index (χ4v) is 3.53. The summed E-state index contributed by atoms with van der Waals surface area (Å²) in [7, 11) is 3.09. The fourth-order valence-electron chi connectivity index (χ4n) is 3.53. The zero-order valence-corrected chi connectivity index (χ0v) is 17.6. The molecular weight excluding hydrogens is 394 g/mol. The second-order valence-electron chi connectivity index (χ2n) is 7.11. The number of carbonyl (C=O) groups excluding carboxylic acids is 1. The van der Waals surface area contributed by atoms with Gasteiger partial charge in [0.1, 0.15) is 0 Å². The van der Waals surface area contributed by atoms with Gasteiger partial charge in [-0.3, -0.25) is 4.79 Å². The van der Waals surface area contributed by atoms with E-state index in [9.17, 15) is 4.79 Å². The van der Waals surface area contributed by atoms with Crippen molar-refractivity contribution in [2.24, 2.45) is 0 Å². The molecule has 8 nitrogen and oxygen atoms in total. The van der Waals surface area contributed by atoms with E-state index in [-0.39, 0.29) is 5.91 Å². The Morgan fingerprint density at radius 2 is 1.52 bits per heavy atom. The molecule has 4 rings (SSSR count). The molecule has 0 radical (unpaired) electrons. The Hall–Kier alpha value is -3.81. The molecule has 1 saturated heterocycles. The Bertz CT molecular complexity index is 1020. The first-order chi connectivity index (χ1) is 15.2. The van der Waals surface area contributed by atoms with E-state index in [1.165, 1.54) is 12.8 Å². The highest BCUT2D eigenvalue weighted by Crippen LogP contribution is 2.28. The van der Waals surface area contributed by atoms with Gasteiger partial charge in [-0.15, -0.1) is 0 Å². The Kier molecular flexibility index (Phi) is 6.16. The molecule has 0 atom stereocenters. The van der Waals surface area contributed by atoms with Crippen LogP contribution in [-0.2, 0) is 0 Å². The van der Waals surface area contributed by atoms with Gasteiger partial charge >= 0.3 is 0 Å². The SMILES string of the molecule is COc1ccc(C(=O)Nc2cnc(N3CCN(c4ccccc4)CC3)nc2)cc1OC. The van der Waals surface area contributed by atoms with Crippen molar-refractivity contribution in [1.29, 1.82) is 0 Å². The Balaban J connectivity index is 1.36. The molecule has 31 heavy (non-hydrogen) atoms. The van der Waals surface area contributed by atoms with Gasteiger partial charge in [0.05, 0.1) is 32.3 Å². The number of rotatable bonds is 6. The number of aromatic nitrogens is 2. The number of hydrogen-bond acceptors (Lipinski definition) is 7. The average molecular weight is 419 g/mol. The molecule has 0 aliphatic carbocycles. The number of carbonyl (C=O) groups is 1. The van der Waals surface area contributed by atoms with Crippen LogP contribution in [0.5, 0.6) is 11.5 Å². The van der Waals surface area contributed by atoms with Crippen LogP contribution >= 0.6 is 0 Å². The molecule has 1 aliphatic heterocycles. The van der Waals surface area contributed by atoms with Gasteiger partial charge < -0.3 is 24.6 Å². The Morgan fingerprint density at radius 3 is 2.16 bits per heavy atom. The molecule has 2 heterocycles. The van der Waals surface area contributed by atoms with Crippen LogP contribution < -0.4 is 24.6 Å². The molecule has 1 aliphatic rings. The highest BCUT2D eigenvalue weighted by molar-refractivity contribution is 6.04. The molecule has 1 N–H and O–H groups in total. The molecular formula is C23H25N5O3. The van der Waals surface area contributed by atoms with Crippen molar-refractivity contribution in [1.82, 2.24) is 9.97 Å². The maximum absolute atomic E-state index is 12.6. The number of anilines is 3. The van der Waals surface area contributed by atoms with Crippen LogP contribution in [0.15, 0.2) is 60.9 Å². The zero-order valence-electron chi connectivity index (χ0n) is 17.6. The molecule has 0 saturated carbocycles. The van der Waals surface area contributed by atoms with Crippen LogP contribution in [0.4, 0.5) is 17.3 Å². The fraction of sp³-hybridized carbons (Fsp3) is 0.261. The van der Waals surface area contributed by atoms with Crippen LogP contribution in [0.1, 0.15) is 10.4 Å². The third-order valence-electron chi connectivity index (χ3n) is 5.23. The summed E-state index contributed by atoms with van der Waals surface area (Å²) in [5.74, 6) is 1.46. The number of benzene rings is 2. The van der Waals surface area contributed by atoms with E-state index in [1.807, 2.05) is 6.07 Å². The summed E-state index contributed by atoms with van der Waals surface area (Å²) in [5, 5.41) is 2.82. The lowest BCUT2D eigenvalue weighted by Gasteiger charge is -2.36. The predicted molar refractivity (Wildman–Crippen MR) is 120 cm³/mol. The molecule has 1 amide bonds. The predicted octanol–water partition coefficient (Wildman–Crippen LogP) is 3.07. The number of hydrogen-bond donors (Lipinski definition) is 1. The van der Waals surface area contributed by atoms with Gasteiger partial charge in [-0.25, -0.2) is 9.97 Å². The topological polar surface area (TPSA) is 79.8 Å². The van der Waals surface area contributed by atoms with E-state index in [0.29, 0.717) is 28.7 Å². The van der Waals surface area contributed by atoms with Crippen LogP contribution in [0.3, 0.4) is 0 Å². The highest BCUT2D eigenvalue weighted by Gasteiger charge is 2.19. The molecule has 1 aromatic heterocycles. The van der Waals surface area contributed by atoms with Gasteiger partial charge in [0.2, 0.25) is 5.95 Å². The van der Waals surface area contributed by atoms with Gasteiger partial charge in [0, 0.05) is 37.4 Å². The minimum Gasteiger partial charge on any atom is -0.493 e. The van der Waals surface area contributed by atoms with E-state index >= 15 is 0 Å². The van der Waals surface area contributed by atoms with Crippen molar-refractivity contribution in [3.8, 4) is 11.5 Å². The third kappa shape index (κ3) is 4.69. The summed E-state index contributed by atoms with van der Waals surface area (Å²) in [6, 6.07) is 15.4. The zero-order chi connectivity index (χ0) is 21.6. The number of amides is 1. The van der Waals surface area contributed by atoms with Crippen molar-refractivity contribution in [2.45, 2.75) is 0 Å². The molecule has 8 heteroatoms. The van der Waals surface area contributed by atoms with Gasteiger partial charge in [-0.1, -0.05) is 18.2 Å². The maximum atomic E-state index is 12.6. The van der Waals surface area contributed by atoms with Crippen LogP contribution in [0.25, 0.3) is 0 Å². The molecule has 3 aromatic rings. The normalized spacial score (nSPS) is 13.6. The number of para-hydroxylation sites is 1. The van der Waals surface area contributed by atoms with E-state index in [1.54, 1.807) is 37.7 Å². The first-order valence-electron chi connectivity index (χ1n) is 10.1. The summed E-state index contributed by atoms with van der Waals surface area (Å²) < 4.78 is 10.5. The van der Waals surface area contributed by atoms with E-state index in [4.69, 9.17) is 9.47 Å². The lowest BCUT2D eigenvalue weighted by molar-refractivity contribution is 0.102. The van der Waals surface area contributed by atoms with Crippen molar-refractivity contribution >= 4 is 23.2 Å². The summed E-state index contributed by atoms with van der Waals surface area (Å²) in [6.07, 6.45) is 3.26. The van der Waals surface area contributed by atoms with Crippen LogP contribution in [-0.4, -0.2) is 56.3 Å². The minimum absolute atomic E-state index is 0.270. The largest absolute Gasteiger partial charge is 0.493 e. The summed E-state index contributed by atoms with van der Waals surface area (Å²) >= 11 is 0. The molecule has 0 bridgehead atoms. The first kappa shape index (κ1) is 20.5. The smallest absolute Gasteiger partial charge is 0.255 e. The van der Waals surface area contributed by atoms with Crippen molar-refractivity contribution in [2.75, 3.05) is 55.5 Å². The van der Waals surface area contributed by atoms with Gasteiger partial charge in [-0.2, -0.15) is 0 Å². The van der Waals surface area contributed by atoms with Crippen molar-refractivity contribution < 1.29 is 14.3 Å². The third-order valence-corrected chi connectivity index (χ3v) is 5.23. The van der Waals surface area contributed by atoms with E-state index < -0.39 is 0 Å². The molecule has 2 aromatic carbocycles. The quantitative estimate of drug-likeness (QED) is 0.658. The second-order valence-corrected chi connectivity index (χ2v) is 7.11. The van der Waals surface area contributed by atoms with Crippen molar-refractivity contribution in [3.63, 3.8) is 0 Å². The molecule has 0 spiro atoms. The molecule has 160 valence electrons. The summed E-state index contributed by atoms with van der Waals surface area (Å²) in [4.78, 5) is 26.0. The minimum atomic E-state index is -0.270. The van der Waals surface area contributed by atoms with Crippen LogP contribution in [0.2, 0.25) is 0 Å². The number of nitrogens with zero attached hydrogens (tertiary/aromatic N) is 4. The number of ether oxygens (including phenoxy) is 2. The summed E-state index contributed by atoms with van der Waals surface area (Å²) in [6.45, 7) is 3.49.